The summed E-state index contributed by atoms with van der Waals surface area (Å²) in [5.41, 5.74) is 0.0278. The summed E-state index contributed by atoms with van der Waals surface area (Å²) in [5, 5.41) is 15.7. The summed E-state index contributed by atoms with van der Waals surface area (Å²) in [6.07, 6.45) is 5.34. The molecule has 296 valence electrons. The molecule has 9 aromatic carbocycles. The van der Waals surface area contributed by atoms with E-state index in [4.69, 9.17) is 0 Å². The molecule has 0 bridgehead atoms. The second-order valence-corrected chi connectivity index (χ2v) is 27.8. The van der Waals surface area contributed by atoms with Crippen LogP contribution < -0.4 is 46.7 Å². The largest absolute Gasteiger partial charge is 0.179 e. The predicted molar refractivity (Wildman–Crippen MR) is 272 cm³/mol. The molecule has 3 heteroatoms. The van der Waals surface area contributed by atoms with Gasteiger partial charge in [0.15, 0.2) is 24.2 Å². The van der Waals surface area contributed by atoms with Crippen molar-refractivity contribution < 1.29 is 0 Å². The van der Waals surface area contributed by atoms with Crippen LogP contribution in [0.2, 0.25) is 5.54 Å². The standard InChI is InChI=1S/C59H48Si3/c1-10-28-48(29-11-1)60(49-30-12-2-13-31-49,50-32-14-3-15-33-50)57-46-47-58(61(51-34-16-4-17-35-51,52-36-18-5-19-37-52)53-38-20-6-21-39-53)59(57)62(54-40-22-7-23-41-54,55-42-24-8-25-43-55)56-44-26-9-27-45-56/h1-47,57H. The van der Waals surface area contributed by atoms with Crippen LogP contribution in [0.25, 0.3) is 0 Å². The number of allylic oxidation sites excluding steroid dienone is 4. The molecule has 0 saturated carbocycles. The number of hydrogen-bond acceptors (Lipinski definition) is 0. The molecule has 9 aromatic rings. The Labute approximate surface area is 369 Å². The highest BCUT2D eigenvalue weighted by atomic mass is 28.3. The maximum Gasteiger partial charge on any atom is 0.179 e. The Kier molecular flexibility index (Phi) is 10.9. The van der Waals surface area contributed by atoms with Gasteiger partial charge >= 0.3 is 0 Å². The fraction of sp³-hybridized carbons (Fsp3) is 0.0169. The van der Waals surface area contributed by atoms with E-state index in [0.29, 0.717) is 0 Å². The van der Waals surface area contributed by atoms with E-state index in [-0.39, 0.29) is 5.54 Å². The van der Waals surface area contributed by atoms with Crippen molar-refractivity contribution in [3.05, 3.63) is 296 Å². The Bertz CT molecular complexity index is 2610. The van der Waals surface area contributed by atoms with Crippen molar-refractivity contribution in [3.63, 3.8) is 0 Å². The van der Waals surface area contributed by atoms with Gasteiger partial charge in [0.2, 0.25) is 0 Å². The Hall–Kier alpha value is -6.89. The molecule has 62 heavy (non-hydrogen) atoms. The maximum atomic E-state index is 2.69. The Morgan fingerprint density at radius 2 is 0.435 bits per heavy atom. The minimum absolute atomic E-state index is 0.0278. The SMILES string of the molecule is C1=CC([Si](c2ccccc2)(c2ccccc2)c2ccccc2)C([Si](c2ccccc2)(c2ccccc2)c2ccccc2)=C1[Si](c1ccccc1)(c1ccccc1)c1ccccc1. The lowest BCUT2D eigenvalue weighted by molar-refractivity contribution is 1.28. The van der Waals surface area contributed by atoms with Gasteiger partial charge in [0.05, 0.1) is 0 Å². The van der Waals surface area contributed by atoms with Crippen molar-refractivity contribution in [2.75, 3.05) is 0 Å². The summed E-state index contributed by atoms with van der Waals surface area (Å²) in [6, 6.07) is 104. The summed E-state index contributed by atoms with van der Waals surface area (Å²) in [7, 11) is -9.46. The lowest BCUT2D eigenvalue weighted by Crippen LogP contribution is -2.76. The van der Waals surface area contributed by atoms with Crippen LogP contribution in [0.15, 0.2) is 296 Å². The average Bonchev–Trinajstić information content (AvgIpc) is 3.80. The van der Waals surface area contributed by atoms with Gasteiger partial charge in [-0.15, -0.1) is 0 Å². The number of hydrogen-bond donors (Lipinski definition) is 0. The third kappa shape index (κ3) is 6.40. The van der Waals surface area contributed by atoms with Crippen molar-refractivity contribution in [2.45, 2.75) is 5.54 Å². The summed E-state index contributed by atoms with van der Waals surface area (Å²) in [6.45, 7) is 0. The summed E-state index contributed by atoms with van der Waals surface area (Å²) >= 11 is 0. The van der Waals surface area contributed by atoms with Gasteiger partial charge in [0, 0.05) is 5.54 Å². The topological polar surface area (TPSA) is 0 Å². The number of benzene rings is 9. The van der Waals surface area contributed by atoms with Gasteiger partial charge in [-0.2, -0.15) is 0 Å². The van der Waals surface area contributed by atoms with Gasteiger partial charge in [-0.05, 0) is 51.9 Å². The lowest BCUT2D eigenvalue weighted by atomic mass is 10.3. The van der Waals surface area contributed by atoms with Crippen molar-refractivity contribution in [1.29, 1.82) is 0 Å². The van der Waals surface area contributed by atoms with Crippen LogP contribution in [0.1, 0.15) is 0 Å². The van der Waals surface area contributed by atoms with Gasteiger partial charge in [-0.1, -0.05) is 290 Å². The van der Waals surface area contributed by atoms with Crippen LogP contribution in [0.4, 0.5) is 0 Å². The zero-order valence-corrected chi connectivity index (χ0v) is 37.7. The quantitative estimate of drug-likeness (QED) is 0.0871. The fourth-order valence-electron chi connectivity index (χ4n) is 10.9. The van der Waals surface area contributed by atoms with Crippen LogP contribution >= 0.6 is 0 Å². The zero-order valence-electron chi connectivity index (χ0n) is 34.7. The minimum Gasteiger partial charge on any atom is -0.0795 e. The molecule has 0 aliphatic heterocycles. The Morgan fingerprint density at radius 3 is 0.677 bits per heavy atom. The normalized spacial score (nSPS) is 14.2. The third-order valence-corrected chi connectivity index (χ3v) is 28.8. The molecule has 0 aromatic heterocycles. The van der Waals surface area contributed by atoms with Crippen LogP contribution in [0.5, 0.6) is 0 Å². The first-order chi connectivity index (χ1) is 30.8. The van der Waals surface area contributed by atoms with E-state index in [1.165, 1.54) is 51.9 Å². The van der Waals surface area contributed by atoms with Crippen LogP contribution in [0.3, 0.4) is 0 Å². The molecule has 1 aliphatic carbocycles. The molecule has 0 amide bonds. The van der Waals surface area contributed by atoms with Crippen LogP contribution in [-0.4, -0.2) is 24.2 Å². The monoisotopic (exact) mass is 840 g/mol. The number of rotatable bonds is 12. The molecular formula is C59H48Si3. The second kappa shape index (κ2) is 17.2. The van der Waals surface area contributed by atoms with Gasteiger partial charge in [-0.3, -0.25) is 0 Å². The fourth-order valence-corrected chi connectivity index (χ4v) is 28.6. The predicted octanol–water partition coefficient (Wildman–Crippen LogP) is 7.81. The molecule has 0 heterocycles. The molecule has 0 radical (unpaired) electrons. The highest BCUT2D eigenvalue weighted by Crippen LogP contribution is 2.45. The van der Waals surface area contributed by atoms with Crippen molar-refractivity contribution >= 4 is 70.9 Å². The molecular weight excluding hydrogens is 793 g/mol. The van der Waals surface area contributed by atoms with E-state index in [1.54, 1.807) is 5.20 Å². The summed E-state index contributed by atoms with van der Waals surface area (Å²) in [4.78, 5) is 0. The molecule has 10 rings (SSSR count). The van der Waals surface area contributed by atoms with E-state index >= 15 is 0 Å². The van der Waals surface area contributed by atoms with Crippen LogP contribution in [-0.2, 0) is 0 Å². The second-order valence-electron chi connectivity index (χ2n) is 16.3. The van der Waals surface area contributed by atoms with E-state index in [2.05, 4.69) is 285 Å². The average molecular weight is 841 g/mol. The lowest BCUT2D eigenvalue weighted by Gasteiger charge is -2.47. The van der Waals surface area contributed by atoms with E-state index in [1.807, 2.05) is 0 Å². The Balaban J connectivity index is 1.50. The summed E-state index contributed by atoms with van der Waals surface area (Å²) in [5.74, 6) is 0. The minimum atomic E-state index is -3.25. The molecule has 0 N–H and O–H groups in total. The highest BCUT2D eigenvalue weighted by Gasteiger charge is 2.59. The van der Waals surface area contributed by atoms with Gasteiger partial charge in [0.1, 0.15) is 0 Å². The van der Waals surface area contributed by atoms with E-state index < -0.39 is 24.2 Å². The van der Waals surface area contributed by atoms with E-state index in [0.717, 1.165) is 0 Å². The maximum absolute atomic E-state index is 3.25. The smallest absolute Gasteiger partial charge is 0.0795 e. The van der Waals surface area contributed by atoms with Gasteiger partial charge in [-0.25, -0.2) is 0 Å². The molecule has 0 saturated heterocycles. The molecule has 1 atom stereocenters. The highest BCUT2D eigenvalue weighted by molar-refractivity contribution is 7.23. The van der Waals surface area contributed by atoms with Crippen LogP contribution in [0, 0.1) is 0 Å². The van der Waals surface area contributed by atoms with Crippen molar-refractivity contribution in [1.82, 2.24) is 0 Å². The molecule has 1 aliphatic rings. The third-order valence-electron chi connectivity index (χ3n) is 13.3. The van der Waals surface area contributed by atoms with E-state index in [9.17, 15) is 0 Å². The first kappa shape index (κ1) is 39.3. The Morgan fingerprint density at radius 1 is 0.226 bits per heavy atom. The molecule has 1 unspecified atom stereocenters. The molecule has 0 nitrogen and oxygen atoms in total. The first-order valence-electron chi connectivity index (χ1n) is 21.7. The van der Waals surface area contributed by atoms with Crippen molar-refractivity contribution in [2.24, 2.45) is 0 Å². The first-order valence-corrected chi connectivity index (χ1v) is 27.8. The zero-order chi connectivity index (χ0) is 41.7. The van der Waals surface area contributed by atoms with Crippen molar-refractivity contribution in [3.8, 4) is 0 Å². The molecule has 0 spiro atoms. The van der Waals surface area contributed by atoms with Gasteiger partial charge in [0.25, 0.3) is 0 Å². The molecule has 0 fully saturated rings. The summed E-state index contributed by atoms with van der Waals surface area (Å²) < 4.78 is 0. The van der Waals surface area contributed by atoms with Gasteiger partial charge < -0.3 is 0 Å².